The highest BCUT2D eigenvalue weighted by Gasteiger charge is 2.16. The highest BCUT2D eigenvalue weighted by Crippen LogP contribution is 2.21. The first-order valence-corrected chi connectivity index (χ1v) is 8.04. The summed E-state index contributed by atoms with van der Waals surface area (Å²) in [6, 6.07) is 4.96. The molecule has 2 aromatic heterocycles. The lowest BCUT2D eigenvalue weighted by Gasteiger charge is -2.07. The predicted octanol–water partition coefficient (Wildman–Crippen LogP) is 1.41. The molecule has 3 rings (SSSR count). The second kappa shape index (κ2) is 6.51. The summed E-state index contributed by atoms with van der Waals surface area (Å²) in [5, 5.41) is 15.9. The van der Waals surface area contributed by atoms with Crippen molar-refractivity contribution in [1.82, 2.24) is 19.3 Å². The van der Waals surface area contributed by atoms with Crippen molar-refractivity contribution in [2.24, 2.45) is 7.05 Å². The van der Waals surface area contributed by atoms with Crippen LogP contribution in [0.5, 0.6) is 0 Å². The quantitative estimate of drug-likeness (QED) is 0.637. The Morgan fingerprint density at radius 2 is 2.04 bits per heavy atom. The van der Waals surface area contributed by atoms with E-state index in [0.29, 0.717) is 33.7 Å². The molecule has 0 aliphatic rings. The van der Waals surface area contributed by atoms with Crippen molar-refractivity contribution >= 4 is 28.6 Å². The summed E-state index contributed by atoms with van der Waals surface area (Å²) in [6.45, 7) is 3.75. The number of carbonyl (C=O) groups is 2. The number of imidazole rings is 1. The third-order valence-corrected chi connectivity index (χ3v) is 4.33. The molecule has 1 amide bonds. The molecule has 26 heavy (non-hydrogen) atoms. The molecule has 0 aliphatic heterocycles. The molecule has 0 unspecified atom stereocenters. The van der Waals surface area contributed by atoms with Crippen LogP contribution in [0, 0.1) is 13.8 Å². The molecule has 0 aliphatic carbocycles. The normalized spacial score (nSPS) is 11.0. The number of hydrogen-bond acceptors (Lipinski definition) is 4. The lowest BCUT2D eigenvalue weighted by atomic mass is 10.1. The lowest BCUT2D eigenvalue weighted by molar-refractivity contribution is -0.137. The van der Waals surface area contributed by atoms with Crippen LogP contribution in [0.25, 0.3) is 11.0 Å². The van der Waals surface area contributed by atoms with E-state index >= 15 is 0 Å². The number of carbonyl (C=O) groups excluding carboxylic acids is 1. The Bertz CT molecular complexity index is 1070. The number of H-pyrrole nitrogens is 1. The van der Waals surface area contributed by atoms with Gasteiger partial charge in [-0.3, -0.25) is 18.8 Å². The lowest BCUT2D eigenvalue weighted by Crippen LogP contribution is -2.14. The predicted molar refractivity (Wildman–Crippen MR) is 95.4 cm³/mol. The summed E-state index contributed by atoms with van der Waals surface area (Å²) >= 11 is 0. The summed E-state index contributed by atoms with van der Waals surface area (Å²) in [5.74, 6) is -1.24. The SMILES string of the molecule is Cc1nn(CCC(=O)O)c(C)c1NC(=O)c1ccc2[nH]c(=O)n(C)c2c1. The molecule has 0 bridgehead atoms. The van der Waals surface area contributed by atoms with Crippen molar-refractivity contribution in [2.75, 3.05) is 5.32 Å². The molecule has 0 spiro atoms. The maximum atomic E-state index is 12.6. The Kier molecular flexibility index (Phi) is 4.37. The number of fused-ring (bicyclic) bond motifs is 1. The molecule has 0 atom stereocenters. The fourth-order valence-corrected chi connectivity index (χ4v) is 2.85. The van der Waals surface area contributed by atoms with Gasteiger partial charge in [-0.05, 0) is 32.0 Å². The minimum Gasteiger partial charge on any atom is -0.481 e. The molecule has 1 aromatic carbocycles. The maximum Gasteiger partial charge on any atom is 0.326 e. The first-order chi connectivity index (χ1) is 12.3. The average Bonchev–Trinajstić information content (AvgIpc) is 3.03. The van der Waals surface area contributed by atoms with Crippen LogP contribution < -0.4 is 11.0 Å². The van der Waals surface area contributed by atoms with E-state index in [1.807, 2.05) is 0 Å². The molecule has 0 saturated heterocycles. The van der Waals surface area contributed by atoms with E-state index in [2.05, 4.69) is 15.4 Å². The fraction of sp³-hybridized carbons (Fsp3) is 0.294. The van der Waals surface area contributed by atoms with Crippen LogP contribution in [0.1, 0.15) is 28.2 Å². The van der Waals surface area contributed by atoms with Crippen molar-refractivity contribution in [1.29, 1.82) is 0 Å². The summed E-state index contributed by atoms with van der Waals surface area (Å²) in [5.41, 5.74) is 3.30. The molecule has 136 valence electrons. The zero-order valence-corrected chi connectivity index (χ0v) is 14.7. The van der Waals surface area contributed by atoms with Crippen molar-refractivity contribution in [3.8, 4) is 0 Å². The van der Waals surface area contributed by atoms with Crippen LogP contribution in [0.2, 0.25) is 0 Å². The second-order valence-electron chi connectivity index (χ2n) is 6.09. The van der Waals surface area contributed by atoms with Crippen LogP contribution in [0.15, 0.2) is 23.0 Å². The summed E-state index contributed by atoms with van der Waals surface area (Å²) in [6.07, 6.45) is -0.0481. The van der Waals surface area contributed by atoms with Gasteiger partial charge in [0.1, 0.15) is 0 Å². The number of nitrogens with zero attached hydrogens (tertiary/aromatic N) is 3. The van der Waals surface area contributed by atoms with Crippen LogP contribution in [0.3, 0.4) is 0 Å². The largest absolute Gasteiger partial charge is 0.481 e. The summed E-state index contributed by atoms with van der Waals surface area (Å²) < 4.78 is 3.00. The molecule has 3 N–H and O–H groups in total. The maximum absolute atomic E-state index is 12.6. The molecule has 9 heteroatoms. The van der Waals surface area contributed by atoms with E-state index in [0.717, 1.165) is 0 Å². The third-order valence-electron chi connectivity index (χ3n) is 4.33. The van der Waals surface area contributed by atoms with E-state index in [-0.39, 0.29) is 24.6 Å². The number of amides is 1. The van der Waals surface area contributed by atoms with E-state index in [9.17, 15) is 14.4 Å². The molecular weight excluding hydrogens is 338 g/mol. The van der Waals surface area contributed by atoms with E-state index in [1.165, 1.54) is 4.57 Å². The number of rotatable bonds is 5. The number of nitrogens with one attached hydrogen (secondary N) is 2. The van der Waals surface area contributed by atoms with Gasteiger partial charge in [0.25, 0.3) is 5.91 Å². The molecular formula is C17H19N5O4. The van der Waals surface area contributed by atoms with Gasteiger partial charge in [-0.25, -0.2) is 4.79 Å². The first-order valence-electron chi connectivity index (χ1n) is 8.04. The van der Waals surface area contributed by atoms with Gasteiger partial charge in [-0.15, -0.1) is 0 Å². The molecule has 0 fully saturated rings. The topological polar surface area (TPSA) is 122 Å². The number of hydrogen-bond donors (Lipinski definition) is 3. The Morgan fingerprint density at radius 1 is 1.31 bits per heavy atom. The number of aromatic amines is 1. The minimum absolute atomic E-state index is 0.0481. The second-order valence-corrected chi connectivity index (χ2v) is 6.09. The monoisotopic (exact) mass is 357 g/mol. The number of carboxylic acids is 1. The Labute approximate surface area is 148 Å². The zero-order valence-electron chi connectivity index (χ0n) is 14.7. The fourth-order valence-electron chi connectivity index (χ4n) is 2.85. The van der Waals surface area contributed by atoms with Crippen LogP contribution >= 0.6 is 0 Å². The van der Waals surface area contributed by atoms with Gasteiger partial charge in [0, 0.05) is 12.6 Å². The van der Waals surface area contributed by atoms with Crippen molar-refractivity contribution in [2.45, 2.75) is 26.8 Å². The Hall–Kier alpha value is -3.36. The molecule has 0 radical (unpaired) electrons. The number of benzene rings is 1. The molecule has 0 saturated carbocycles. The van der Waals surface area contributed by atoms with Gasteiger partial charge in [0.2, 0.25) is 0 Å². The average molecular weight is 357 g/mol. The third kappa shape index (κ3) is 3.10. The smallest absolute Gasteiger partial charge is 0.326 e. The molecule has 2 heterocycles. The molecule has 3 aromatic rings. The standard InChI is InChI=1S/C17H19N5O4/c1-9-15(10(2)22(20-9)7-6-14(23)24)19-16(25)11-4-5-12-13(8-11)21(3)17(26)18-12/h4-5,8H,6-7H2,1-3H3,(H,18,26)(H,19,25)(H,23,24). The van der Waals surface area contributed by atoms with Gasteiger partial charge < -0.3 is 15.4 Å². The number of aliphatic carboxylic acids is 1. The Morgan fingerprint density at radius 3 is 2.73 bits per heavy atom. The van der Waals surface area contributed by atoms with E-state index < -0.39 is 5.97 Å². The van der Waals surface area contributed by atoms with Crippen LogP contribution in [0.4, 0.5) is 5.69 Å². The highest BCUT2D eigenvalue weighted by atomic mass is 16.4. The van der Waals surface area contributed by atoms with Gasteiger partial charge in [0.15, 0.2) is 0 Å². The van der Waals surface area contributed by atoms with E-state index in [4.69, 9.17) is 5.11 Å². The van der Waals surface area contributed by atoms with Crippen LogP contribution in [-0.2, 0) is 18.4 Å². The van der Waals surface area contributed by atoms with Crippen molar-refractivity contribution in [3.05, 3.63) is 45.6 Å². The van der Waals surface area contributed by atoms with Gasteiger partial charge >= 0.3 is 11.7 Å². The minimum atomic E-state index is -0.909. The highest BCUT2D eigenvalue weighted by molar-refractivity contribution is 6.06. The van der Waals surface area contributed by atoms with Gasteiger partial charge in [0.05, 0.1) is 41.1 Å². The zero-order chi connectivity index (χ0) is 19.0. The van der Waals surface area contributed by atoms with Crippen LogP contribution in [-0.4, -0.2) is 36.3 Å². The summed E-state index contributed by atoms with van der Waals surface area (Å²) in [4.78, 5) is 37.7. The molecule has 9 nitrogen and oxygen atoms in total. The number of anilines is 1. The first kappa shape index (κ1) is 17.5. The number of aryl methyl sites for hydroxylation is 3. The number of carboxylic acid groups (broad SMARTS) is 1. The summed E-state index contributed by atoms with van der Waals surface area (Å²) in [7, 11) is 1.63. The van der Waals surface area contributed by atoms with Gasteiger partial charge in [-0.2, -0.15) is 5.10 Å². The van der Waals surface area contributed by atoms with Crippen molar-refractivity contribution < 1.29 is 14.7 Å². The van der Waals surface area contributed by atoms with Crippen molar-refractivity contribution in [3.63, 3.8) is 0 Å². The van der Waals surface area contributed by atoms with E-state index in [1.54, 1.807) is 43.8 Å². The van der Waals surface area contributed by atoms with Gasteiger partial charge in [-0.1, -0.05) is 0 Å². The Balaban J connectivity index is 1.87. The number of aromatic nitrogens is 4.